The van der Waals surface area contributed by atoms with E-state index >= 15 is 0 Å². The van der Waals surface area contributed by atoms with Crippen LogP contribution in [0.2, 0.25) is 5.02 Å². The molecule has 4 rings (SSSR count). The van der Waals surface area contributed by atoms with E-state index in [2.05, 4.69) is 10.00 Å². The Morgan fingerprint density at radius 3 is 2.54 bits per heavy atom. The molecule has 1 saturated heterocycles. The first-order valence-corrected chi connectivity index (χ1v) is 9.24. The lowest BCUT2D eigenvalue weighted by Crippen LogP contribution is -2.49. The van der Waals surface area contributed by atoms with Gasteiger partial charge in [0.05, 0.1) is 6.20 Å². The summed E-state index contributed by atoms with van der Waals surface area (Å²) in [6, 6.07) is 13.6. The molecule has 1 aliphatic rings. The zero-order valence-electron chi connectivity index (χ0n) is 14.9. The molecule has 1 aromatic heterocycles. The first-order chi connectivity index (χ1) is 13.5. The third-order valence-corrected chi connectivity index (χ3v) is 4.97. The fraction of sp³-hybridized carbons (Fsp3) is 0.200. The highest BCUT2D eigenvalue weighted by atomic mass is 35.5. The first-order valence-electron chi connectivity index (χ1n) is 8.86. The van der Waals surface area contributed by atoms with Gasteiger partial charge in [-0.2, -0.15) is 5.10 Å². The molecule has 0 spiro atoms. The molecule has 0 unspecified atom stereocenters. The van der Waals surface area contributed by atoms with Gasteiger partial charge in [0.1, 0.15) is 11.5 Å². The summed E-state index contributed by atoms with van der Waals surface area (Å²) in [6.07, 6.45) is 1.24. The minimum Gasteiger partial charge on any atom is -0.504 e. The van der Waals surface area contributed by atoms with Crippen LogP contribution in [0.15, 0.2) is 54.7 Å². The summed E-state index contributed by atoms with van der Waals surface area (Å²) in [5.74, 6) is -1.14. The third kappa shape index (κ3) is 3.53. The quantitative estimate of drug-likeness (QED) is 0.732. The van der Waals surface area contributed by atoms with Crippen LogP contribution in [0.5, 0.6) is 5.75 Å². The molecule has 0 radical (unpaired) electrons. The highest BCUT2D eigenvalue weighted by molar-refractivity contribution is 6.30. The molecule has 0 atom stereocenters. The summed E-state index contributed by atoms with van der Waals surface area (Å²) in [6.45, 7) is 2.25. The summed E-state index contributed by atoms with van der Waals surface area (Å²) in [4.78, 5) is 16.6. The number of benzene rings is 2. The Morgan fingerprint density at radius 2 is 1.82 bits per heavy atom. The molecule has 1 amide bonds. The molecule has 6 nitrogen and oxygen atoms in total. The van der Waals surface area contributed by atoms with Crippen molar-refractivity contribution in [1.29, 1.82) is 0 Å². The third-order valence-electron chi connectivity index (χ3n) is 4.74. The molecule has 28 heavy (non-hydrogen) atoms. The minimum atomic E-state index is -0.487. The van der Waals surface area contributed by atoms with Crippen molar-refractivity contribution >= 4 is 23.2 Å². The molecule has 1 fully saturated rings. The van der Waals surface area contributed by atoms with E-state index in [0.29, 0.717) is 31.2 Å². The lowest BCUT2D eigenvalue weighted by molar-refractivity contribution is 0.0737. The summed E-state index contributed by atoms with van der Waals surface area (Å²) >= 11 is 6.05. The number of carbonyl (C=O) groups is 1. The molecular formula is C20H18ClFN4O2. The fourth-order valence-corrected chi connectivity index (χ4v) is 3.45. The fourth-order valence-electron chi connectivity index (χ4n) is 3.27. The monoisotopic (exact) mass is 400 g/mol. The van der Waals surface area contributed by atoms with Crippen molar-refractivity contribution in [1.82, 2.24) is 14.7 Å². The molecule has 0 bridgehead atoms. The Hall–Kier alpha value is -3.06. The van der Waals surface area contributed by atoms with E-state index in [1.54, 1.807) is 17.0 Å². The molecule has 8 heteroatoms. The van der Waals surface area contributed by atoms with E-state index in [-0.39, 0.29) is 23.0 Å². The standard InChI is InChI=1S/C20H18ClFN4O2/c21-14-4-3-5-15(12-14)24-8-10-25(11-9-24)20(28)19-18(27)13-26(23-19)17-7-2-1-6-16(17)22/h1-7,12-13,27H,8-11H2. The average Bonchev–Trinajstić information content (AvgIpc) is 3.09. The normalized spacial score (nSPS) is 14.4. The second-order valence-corrected chi connectivity index (χ2v) is 6.95. The first kappa shape index (κ1) is 18.3. The Morgan fingerprint density at radius 1 is 1.07 bits per heavy atom. The average molecular weight is 401 g/mol. The van der Waals surface area contributed by atoms with E-state index in [1.165, 1.54) is 23.0 Å². The number of nitrogens with zero attached hydrogens (tertiary/aromatic N) is 4. The van der Waals surface area contributed by atoms with Gasteiger partial charge in [0.15, 0.2) is 11.4 Å². The Balaban J connectivity index is 1.48. The van der Waals surface area contributed by atoms with Crippen molar-refractivity contribution in [2.75, 3.05) is 31.1 Å². The predicted molar refractivity (Wildman–Crippen MR) is 105 cm³/mol. The van der Waals surface area contributed by atoms with Crippen molar-refractivity contribution in [2.24, 2.45) is 0 Å². The van der Waals surface area contributed by atoms with Crippen molar-refractivity contribution in [3.8, 4) is 11.4 Å². The largest absolute Gasteiger partial charge is 0.504 e. The number of aromatic nitrogens is 2. The van der Waals surface area contributed by atoms with Gasteiger partial charge in [-0.05, 0) is 30.3 Å². The molecule has 144 valence electrons. The number of anilines is 1. The summed E-state index contributed by atoms with van der Waals surface area (Å²) in [5, 5.41) is 14.9. The zero-order chi connectivity index (χ0) is 19.7. The van der Waals surface area contributed by atoms with E-state index in [1.807, 2.05) is 24.3 Å². The van der Waals surface area contributed by atoms with Crippen LogP contribution in [0.25, 0.3) is 5.69 Å². The second kappa shape index (κ2) is 7.52. The van der Waals surface area contributed by atoms with Gasteiger partial charge in [0.2, 0.25) is 0 Å². The molecule has 2 aromatic carbocycles. The second-order valence-electron chi connectivity index (χ2n) is 6.52. The van der Waals surface area contributed by atoms with Crippen LogP contribution in [0.3, 0.4) is 0 Å². The number of rotatable bonds is 3. The Labute approximate surface area is 166 Å². The number of hydrogen-bond donors (Lipinski definition) is 1. The van der Waals surface area contributed by atoms with Gasteiger partial charge >= 0.3 is 0 Å². The van der Waals surface area contributed by atoms with Gasteiger partial charge in [0.25, 0.3) is 5.91 Å². The van der Waals surface area contributed by atoms with Gasteiger partial charge in [-0.3, -0.25) is 4.79 Å². The van der Waals surface area contributed by atoms with Gasteiger partial charge in [-0.25, -0.2) is 9.07 Å². The lowest BCUT2D eigenvalue weighted by Gasteiger charge is -2.35. The highest BCUT2D eigenvalue weighted by Crippen LogP contribution is 2.24. The van der Waals surface area contributed by atoms with Gasteiger partial charge in [0, 0.05) is 36.9 Å². The number of halogens is 2. The molecule has 3 aromatic rings. The molecule has 0 aliphatic carbocycles. The van der Waals surface area contributed by atoms with Crippen molar-refractivity contribution in [3.05, 3.63) is 71.3 Å². The van der Waals surface area contributed by atoms with Crippen molar-refractivity contribution in [3.63, 3.8) is 0 Å². The maximum absolute atomic E-state index is 14.0. The van der Waals surface area contributed by atoms with Gasteiger partial charge < -0.3 is 14.9 Å². The van der Waals surface area contributed by atoms with Crippen LogP contribution >= 0.6 is 11.6 Å². The number of aromatic hydroxyl groups is 1. The van der Waals surface area contributed by atoms with E-state index in [0.717, 1.165) is 5.69 Å². The summed E-state index contributed by atoms with van der Waals surface area (Å²) in [5.41, 5.74) is 1.09. The summed E-state index contributed by atoms with van der Waals surface area (Å²) in [7, 11) is 0. The predicted octanol–water partition coefficient (Wildman–Crippen LogP) is 3.33. The SMILES string of the molecule is O=C(c1nn(-c2ccccc2F)cc1O)N1CCN(c2cccc(Cl)c2)CC1. The molecule has 1 aliphatic heterocycles. The zero-order valence-corrected chi connectivity index (χ0v) is 15.7. The van der Waals surface area contributed by atoms with Crippen LogP contribution in [0, 0.1) is 5.82 Å². The van der Waals surface area contributed by atoms with Gasteiger partial charge in [-0.15, -0.1) is 0 Å². The Bertz CT molecular complexity index is 1010. The molecular weight excluding hydrogens is 383 g/mol. The van der Waals surface area contributed by atoms with Crippen LogP contribution < -0.4 is 4.90 Å². The lowest BCUT2D eigenvalue weighted by atomic mass is 10.2. The van der Waals surface area contributed by atoms with Crippen LogP contribution in [-0.4, -0.2) is 51.9 Å². The summed E-state index contributed by atoms with van der Waals surface area (Å²) < 4.78 is 15.1. The van der Waals surface area contributed by atoms with Crippen LogP contribution in [-0.2, 0) is 0 Å². The van der Waals surface area contributed by atoms with E-state index in [9.17, 15) is 14.3 Å². The maximum Gasteiger partial charge on any atom is 0.278 e. The topological polar surface area (TPSA) is 61.6 Å². The number of hydrogen-bond acceptors (Lipinski definition) is 4. The molecule has 1 N–H and O–H groups in total. The number of carbonyl (C=O) groups excluding carboxylic acids is 1. The van der Waals surface area contributed by atoms with Crippen molar-refractivity contribution in [2.45, 2.75) is 0 Å². The number of piperazine rings is 1. The smallest absolute Gasteiger partial charge is 0.278 e. The molecule has 0 saturated carbocycles. The van der Waals surface area contributed by atoms with Crippen molar-refractivity contribution < 1.29 is 14.3 Å². The highest BCUT2D eigenvalue weighted by Gasteiger charge is 2.27. The van der Waals surface area contributed by atoms with E-state index < -0.39 is 5.82 Å². The van der Waals surface area contributed by atoms with Crippen LogP contribution in [0.1, 0.15) is 10.5 Å². The number of para-hydroxylation sites is 1. The van der Waals surface area contributed by atoms with E-state index in [4.69, 9.17) is 11.6 Å². The number of amides is 1. The Kier molecular flexibility index (Phi) is 4.92. The minimum absolute atomic E-state index is 0.0838. The van der Waals surface area contributed by atoms with Gasteiger partial charge in [-0.1, -0.05) is 29.8 Å². The maximum atomic E-state index is 14.0. The molecule has 2 heterocycles. The van der Waals surface area contributed by atoms with Crippen LogP contribution in [0.4, 0.5) is 10.1 Å².